The van der Waals surface area contributed by atoms with Crippen LogP contribution in [0.3, 0.4) is 0 Å². The standard InChI is InChI=1S/C24H31N5O2.HI/c1-17-6-5-7-21-19(15-26-23(17)21)12-13-25-24(28-16-22(30)29(2)3)27-14-18-8-10-20(31-4)11-9-18;/h5-11,15,26H,12-14,16H2,1-4H3,(H2,25,27,28);1H. The van der Waals surface area contributed by atoms with Crippen molar-refractivity contribution in [1.29, 1.82) is 0 Å². The number of nitrogens with zero attached hydrogens (tertiary/aromatic N) is 2. The number of aryl methyl sites for hydroxylation is 1. The Bertz CT molecular complexity index is 1040. The summed E-state index contributed by atoms with van der Waals surface area (Å²) in [5.41, 5.74) is 4.74. The fraction of sp³-hybridized carbons (Fsp3) is 0.333. The number of ether oxygens (including phenoxy) is 1. The van der Waals surface area contributed by atoms with Crippen molar-refractivity contribution in [3.05, 3.63) is 65.4 Å². The second-order valence-electron chi connectivity index (χ2n) is 7.64. The predicted molar refractivity (Wildman–Crippen MR) is 141 cm³/mol. The molecule has 2 aromatic carbocycles. The highest BCUT2D eigenvalue weighted by Gasteiger charge is 2.08. The number of guanidine groups is 1. The minimum Gasteiger partial charge on any atom is -0.497 e. The van der Waals surface area contributed by atoms with Gasteiger partial charge in [0.05, 0.1) is 20.2 Å². The number of hydrogen-bond donors (Lipinski definition) is 3. The average Bonchev–Trinajstić information content (AvgIpc) is 3.19. The summed E-state index contributed by atoms with van der Waals surface area (Å²) in [6.45, 7) is 3.50. The molecule has 0 spiro atoms. The lowest BCUT2D eigenvalue weighted by atomic mass is 10.1. The average molecular weight is 549 g/mol. The van der Waals surface area contributed by atoms with Crippen molar-refractivity contribution in [2.24, 2.45) is 4.99 Å². The number of benzene rings is 2. The predicted octanol–water partition coefficient (Wildman–Crippen LogP) is 3.47. The maximum atomic E-state index is 12.0. The van der Waals surface area contributed by atoms with Crippen LogP contribution < -0.4 is 15.4 Å². The minimum atomic E-state index is -0.00829. The third kappa shape index (κ3) is 6.88. The fourth-order valence-electron chi connectivity index (χ4n) is 3.28. The smallest absolute Gasteiger partial charge is 0.241 e. The SMILES string of the molecule is COc1ccc(CN=C(NCCc2c[nH]c3c(C)cccc23)NCC(=O)N(C)C)cc1.I. The molecule has 0 saturated heterocycles. The largest absolute Gasteiger partial charge is 0.497 e. The van der Waals surface area contributed by atoms with E-state index < -0.39 is 0 Å². The molecular formula is C24H32IN5O2. The van der Waals surface area contributed by atoms with Crippen molar-refractivity contribution >= 4 is 46.7 Å². The number of carbonyl (C=O) groups excluding carboxylic acids is 1. The number of likely N-dealkylation sites (N-methyl/N-ethyl adjacent to an activating group) is 1. The molecule has 1 amide bonds. The molecule has 0 bridgehead atoms. The molecule has 0 aliphatic rings. The number of para-hydroxylation sites is 1. The number of nitrogens with one attached hydrogen (secondary N) is 3. The number of H-pyrrole nitrogens is 1. The molecule has 0 aliphatic heterocycles. The van der Waals surface area contributed by atoms with Gasteiger partial charge in [0.1, 0.15) is 5.75 Å². The van der Waals surface area contributed by atoms with Crippen LogP contribution in [0.1, 0.15) is 16.7 Å². The Balaban J connectivity index is 0.00000363. The first-order chi connectivity index (χ1) is 15.0. The summed E-state index contributed by atoms with van der Waals surface area (Å²) < 4.78 is 5.20. The van der Waals surface area contributed by atoms with E-state index in [-0.39, 0.29) is 36.4 Å². The number of carbonyl (C=O) groups is 1. The molecule has 1 heterocycles. The first-order valence-electron chi connectivity index (χ1n) is 10.4. The Labute approximate surface area is 206 Å². The van der Waals surface area contributed by atoms with Crippen molar-refractivity contribution < 1.29 is 9.53 Å². The minimum absolute atomic E-state index is 0. The maximum Gasteiger partial charge on any atom is 0.241 e. The molecule has 3 rings (SSSR count). The summed E-state index contributed by atoms with van der Waals surface area (Å²) in [6, 6.07) is 14.1. The Kier molecular flexibility index (Phi) is 9.83. The molecule has 0 atom stereocenters. The molecule has 0 saturated carbocycles. The second-order valence-corrected chi connectivity index (χ2v) is 7.64. The van der Waals surface area contributed by atoms with Crippen molar-refractivity contribution in [1.82, 2.24) is 20.5 Å². The molecule has 7 nitrogen and oxygen atoms in total. The fourth-order valence-corrected chi connectivity index (χ4v) is 3.28. The molecule has 0 aliphatic carbocycles. The van der Waals surface area contributed by atoms with Crippen LogP contribution in [0.4, 0.5) is 0 Å². The molecule has 0 fully saturated rings. The molecular weight excluding hydrogens is 517 g/mol. The van der Waals surface area contributed by atoms with E-state index in [4.69, 9.17) is 4.74 Å². The maximum absolute atomic E-state index is 12.0. The van der Waals surface area contributed by atoms with E-state index in [0.717, 1.165) is 17.7 Å². The topological polar surface area (TPSA) is 81.7 Å². The van der Waals surface area contributed by atoms with Gasteiger partial charge in [-0.2, -0.15) is 0 Å². The van der Waals surface area contributed by atoms with Crippen molar-refractivity contribution in [2.75, 3.05) is 34.3 Å². The van der Waals surface area contributed by atoms with Gasteiger partial charge in [0.15, 0.2) is 5.96 Å². The van der Waals surface area contributed by atoms with E-state index in [1.54, 1.807) is 26.1 Å². The van der Waals surface area contributed by atoms with Gasteiger partial charge >= 0.3 is 0 Å². The number of aromatic amines is 1. The summed E-state index contributed by atoms with van der Waals surface area (Å²) in [5, 5.41) is 7.73. The van der Waals surface area contributed by atoms with E-state index in [1.807, 2.05) is 24.3 Å². The monoisotopic (exact) mass is 549 g/mol. The lowest BCUT2D eigenvalue weighted by Gasteiger charge is -2.15. The number of halogens is 1. The molecule has 3 aromatic rings. The van der Waals surface area contributed by atoms with Crippen LogP contribution in [0, 0.1) is 6.92 Å². The van der Waals surface area contributed by atoms with Gasteiger partial charge in [-0.3, -0.25) is 4.79 Å². The van der Waals surface area contributed by atoms with Gasteiger partial charge in [0.25, 0.3) is 0 Å². The van der Waals surface area contributed by atoms with Crippen LogP contribution in [0.5, 0.6) is 5.75 Å². The summed E-state index contributed by atoms with van der Waals surface area (Å²) in [5.74, 6) is 1.42. The van der Waals surface area contributed by atoms with Gasteiger partial charge < -0.3 is 25.3 Å². The highest BCUT2D eigenvalue weighted by molar-refractivity contribution is 14.0. The van der Waals surface area contributed by atoms with E-state index >= 15 is 0 Å². The molecule has 32 heavy (non-hydrogen) atoms. The lowest BCUT2D eigenvalue weighted by molar-refractivity contribution is -0.127. The van der Waals surface area contributed by atoms with E-state index in [9.17, 15) is 4.79 Å². The summed E-state index contributed by atoms with van der Waals surface area (Å²) in [6.07, 6.45) is 2.91. The number of hydrogen-bond acceptors (Lipinski definition) is 3. The normalized spacial score (nSPS) is 11.1. The van der Waals surface area contributed by atoms with Gasteiger partial charge in [-0.25, -0.2) is 4.99 Å². The number of methoxy groups -OCH3 is 1. The van der Waals surface area contributed by atoms with Crippen molar-refractivity contribution in [2.45, 2.75) is 19.9 Å². The van der Waals surface area contributed by atoms with Crippen LogP contribution >= 0.6 is 24.0 Å². The number of fused-ring (bicyclic) bond motifs is 1. The Hall–Kier alpha value is -2.75. The van der Waals surface area contributed by atoms with Crippen LogP contribution in [0.25, 0.3) is 10.9 Å². The van der Waals surface area contributed by atoms with Crippen LogP contribution in [0.15, 0.2) is 53.7 Å². The third-order valence-electron chi connectivity index (χ3n) is 5.18. The van der Waals surface area contributed by atoms with Crippen molar-refractivity contribution in [3.63, 3.8) is 0 Å². The van der Waals surface area contributed by atoms with E-state index in [1.165, 1.54) is 22.0 Å². The molecule has 172 valence electrons. The zero-order valence-electron chi connectivity index (χ0n) is 19.1. The molecule has 0 unspecified atom stereocenters. The van der Waals surface area contributed by atoms with Gasteiger partial charge in [-0.1, -0.05) is 30.3 Å². The molecule has 0 radical (unpaired) electrons. The Morgan fingerprint density at radius 2 is 1.88 bits per heavy atom. The van der Waals surface area contributed by atoms with Crippen LogP contribution in [0.2, 0.25) is 0 Å². The molecule has 8 heteroatoms. The van der Waals surface area contributed by atoms with Crippen LogP contribution in [-0.4, -0.2) is 56.0 Å². The zero-order chi connectivity index (χ0) is 22.2. The number of aliphatic imine (C=N–C) groups is 1. The first kappa shape index (κ1) is 25.5. The van der Waals surface area contributed by atoms with Crippen LogP contribution in [-0.2, 0) is 17.8 Å². The summed E-state index contributed by atoms with van der Waals surface area (Å²) >= 11 is 0. The van der Waals surface area contributed by atoms with Gasteiger partial charge in [-0.05, 0) is 42.2 Å². The number of aromatic nitrogens is 1. The lowest BCUT2D eigenvalue weighted by Crippen LogP contribution is -2.43. The van der Waals surface area contributed by atoms with Gasteiger partial charge in [-0.15, -0.1) is 24.0 Å². The molecule has 3 N–H and O–H groups in total. The number of rotatable bonds is 8. The Morgan fingerprint density at radius 1 is 1.12 bits per heavy atom. The quantitative estimate of drug-likeness (QED) is 0.229. The highest BCUT2D eigenvalue weighted by atomic mass is 127. The zero-order valence-corrected chi connectivity index (χ0v) is 21.4. The van der Waals surface area contributed by atoms with E-state index in [0.29, 0.717) is 19.0 Å². The molecule has 1 aromatic heterocycles. The summed E-state index contributed by atoms with van der Waals surface area (Å²) in [7, 11) is 5.13. The van der Waals surface area contributed by atoms with E-state index in [2.05, 4.69) is 51.9 Å². The van der Waals surface area contributed by atoms with Gasteiger partial charge in [0.2, 0.25) is 5.91 Å². The Morgan fingerprint density at radius 3 is 2.56 bits per heavy atom. The van der Waals surface area contributed by atoms with Gasteiger partial charge in [0, 0.05) is 37.7 Å². The second kappa shape index (κ2) is 12.3. The number of amides is 1. The third-order valence-corrected chi connectivity index (χ3v) is 5.18. The first-order valence-corrected chi connectivity index (χ1v) is 10.4. The van der Waals surface area contributed by atoms with Crippen molar-refractivity contribution in [3.8, 4) is 5.75 Å². The highest BCUT2D eigenvalue weighted by Crippen LogP contribution is 2.21. The summed E-state index contributed by atoms with van der Waals surface area (Å²) in [4.78, 5) is 21.6.